The fraction of sp³-hybridized carbons (Fsp3) is 0.278. The molecular weight excluding hydrogens is 390 g/mol. The van der Waals surface area contributed by atoms with Crippen molar-refractivity contribution in [3.63, 3.8) is 0 Å². The van der Waals surface area contributed by atoms with E-state index >= 15 is 0 Å². The number of nitrogens with two attached hydrogens (primary N) is 1. The van der Waals surface area contributed by atoms with E-state index in [1.54, 1.807) is 0 Å². The molecule has 0 bridgehead atoms. The van der Waals surface area contributed by atoms with Gasteiger partial charge in [-0.3, -0.25) is 4.79 Å². The molecule has 2 N–H and O–H groups in total. The number of benzene rings is 2. The highest BCUT2D eigenvalue weighted by Gasteiger charge is 2.22. The maximum atomic E-state index is 13.4. The highest BCUT2D eigenvalue weighted by Crippen LogP contribution is 2.26. The summed E-state index contributed by atoms with van der Waals surface area (Å²) >= 11 is 0. The average molecular weight is 408 g/mol. The first kappa shape index (κ1) is 22.9. The third kappa shape index (κ3) is 6.50. The largest absolute Gasteiger partial charge is 0.479 e. The molecule has 148 valence electrons. The van der Waals surface area contributed by atoms with Gasteiger partial charge in [-0.2, -0.15) is 8.78 Å². The van der Waals surface area contributed by atoms with Crippen LogP contribution in [0.2, 0.25) is 0 Å². The van der Waals surface area contributed by atoms with Crippen molar-refractivity contribution in [2.24, 2.45) is 5.73 Å². The van der Waals surface area contributed by atoms with Gasteiger partial charge in [-0.25, -0.2) is 8.78 Å². The van der Waals surface area contributed by atoms with E-state index in [-0.39, 0.29) is 31.5 Å². The van der Waals surface area contributed by atoms with Crippen molar-refractivity contribution in [3.05, 3.63) is 65.2 Å². The zero-order valence-corrected chi connectivity index (χ0v) is 14.9. The summed E-state index contributed by atoms with van der Waals surface area (Å²) in [5.41, 5.74) is 6.61. The van der Waals surface area contributed by atoms with Crippen LogP contribution in [-0.4, -0.2) is 25.0 Å². The Morgan fingerprint density at radius 1 is 1.04 bits per heavy atom. The van der Waals surface area contributed by atoms with E-state index in [2.05, 4.69) is 4.74 Å². The topological polar surface area (TPSA) is 61.5 Å². The number of carbonyl (C=O) groups excluding carboxylic acids is 1. The number of halogens is 5. The maximum Gasteiger partial charge on any atom is 0.203 e. The molecule has 0 aliphatic rings. The summed E-state index contributed by atoms with van der Waals surface area (Å²) in [6.45, 7) is -0.299. The lowest BCUT2D eigenvalue weighted by molar-refractivity contribution is -0.122. The fourth-order valence-electron chi connectivity index (χ4n) is 2.06. The third-order valence-electron chi connectivity index (χ3n) is 3.53. The number of hydrogen-bond donors (Lipinski definition) is 1. The van der Waals surface area contributed by atoms with Gasteiger partial charge in [0.2, 0.25) is 11.6 Å². The van der Waals surface area contributed by atoms with Crippen LogP contribution < -0.4 is 10.5 Å². The standard InChI is InChI=1S/C18H17F4NO3.ClH/c19-12-8-13(20)17(22)18(16(12)21)26-10-15(24)14(23)6-7-25-9-11-4-2-1-3-5-11;/h1-5,8,14H,6-7,9-10,23H2;1H/t14-;/m0./s1. The molecule has 0 aliphatic heterocycles. The number of hydrogen-bond acceptors (Lipinski definition) is 4. The van der Waals surface area contributed by atoms with Gasteiger partial charge < -0.3 is 15.2 Å². The molecule has 0 aliphatic carbocycles. The van der Waals surface area contributed by atoms with E-state index in [4.69, 9.17) is 10.5 Å². The Morgan fingerprint density at radius 3 is 2.22 bits per heavy atom. The first-order valence-electron chi connectivity index (χ1n) is 7.76. The minimum absolute atomic E-state index is 0. The smallest absolute Gasteiger partial charge is 0.203 e. The maximum absolute atomic E-state index is 13.4. The van der Waals surface area contributed by atoms with Crippen LogP contribution in [0, 0.1) is 23.3 Å². The molecule has 0 spiro atoms. The molecular formula is C18H18ClF4NO3. The summed E-state index contributed by atoms with van der Waals surface area (Å²) in [4.78, 5) is 11.8. The third-order valence-corrected chi connectivity index (χ3v) is 3.53. The summed E-state index contributed by atoms with van der Waals surface area (Å²) in [6, 6.07) is 8.39. The zero-order valence-electron chi connectivity index (χ0n) is 14.1. The van der Waals surface area contributed by atoms with Gasteiger partial charge in [-0.05, 0) is 12.0 Å². The second-order valence-corrected chi connectivity index (χ2v) is 5.49. The highest BCUT2D eigenvalue weighted by molar-refractivity contribution is 5.85. The van der Waals surface area contributed by atoms with Gasteiger partial charge in [0.05, 0.1) is 12.6 Å². The van der Waals surface area contributed by atoms with Crippen molar-refractivity contribution in [1.29, 1.82) is 0 Å². The van der Waals surface area contributed by atoms with Crippen LogP contribution in [0.4, 0.5) is 17.6 Å². The second kappa shape index (κ2) is 10.9. The molecule has 0 unspecified atom stereocenters. The molecule has 0 heterocycles. The van der Waals surface area contributed by atoms with Crippen molar-refractivity contribution in [2.75, 3.05) is 13.2 Å². The van der Waals surface area contributed by atoms with Crippen LogP contribution in [0.3, 0.4) is 0 Å². The van der Waals surface area contributed by atoms with Crippen LogP contribution in [0.1, 0.15) is 12.0 Å². The van der Waals surface area contributed by atoms with Gasteiger partial charge in [-0.1, -0.05) is 30.3 Å². The Morgan fingerprint density at radius 2 is 1.63 bits per heavy atom. The quantitative estimate of drug-likeness (QED) is 0.392. The Balaban J connectivity index is 0.00000364. The minimum atomic E-state index is -1.71. The van der Waals surface area contributed by atoms with E-state index in [1.165, 1.54) is 0 Å². The average Bonchev–Trinajstić information content (AvgIpc) is 2.64. The van der Waals surface area contributed by atoms with Gasteiger partial charge in [0.1, 0.15) is 6.61 Å². The van der Waals surface area contributed by atoms with Crippen molar-refractivity contribution >= 4 is 18.2 Å². The lowest BCUT2D eigenvalue weighted by Crippen LogP contribution is -2.35. The van der Waals surface area contributed by atoms with Gasteiger partial charge >= 0.3 is 0 Å². The van der Waals surface area contributed by atoms with Crippen LogP contribution in [0.15, 0.2) is 36.4 Å². The molecule has 0 saturated heterocycles. The molecule has 4 nitrogen and oxygen atoms in total. The highest BCUT2D eigenvalue weighted by atomic mass is 35.5. The molecule has 2 aromatic rings. The SMILES string of the molecule is Cl.N[C@@H](CCOCc1ccccc1)C(=O)COc1c(F)c(F)cc(F)c1F. The van der Waals surface area contributed by atoms with Gasteiger partial charge in [-0.15, -0.1) is 12.4 Å². The molecule has 0 amide bonds. The monoisotopic (exact) mass is 407 g/mol. The van der Waals surface area contributed by atoms with Crippen LogP contribution in [-0.2, 0) is 16.1 Å². The summed E-state index contributed by atoms with van der Waals surface area (Å²) in [5, 5.41) is 0. The predicted octanol–water partition coefficient (Wildman–Crippen LogP) is 3.55. The summed E-state index contributed by atoms with van der Waals surface area (Å²) in [7, 11) is 0. The van der Waals surface area contributed by atoms with Crippen molar-refractivity contribution < 1.29 is 31.8 Å². The lowest BCUT2D eigenvalue weighted by atomic mass is 10.1. The first-order valence-corrected chi connectivity index (χ1v) is 7.76. The molecule has 0 fully saturated rings. The predicted molar refractivity (Wildman–Crippen MR) is 92.7 cm³/mol. The molecule has 2 aromatic carbocycles. The molecule has 1 atom stereocenters. The van der Waals surface area contributed by atoms with Crippen LogP contribution in [0.25, 0.3) is 0 Å². The Kier molecular flexibility index (Phi) is 9.20. The molecule has 2 rings (SSSR count). The summed E-state index contributed by atoms with van der Waals surface area (Å²) in [6.07, 6.45) is 0.150. The number of rotatable bonds is 9. The van der Waals surface area contributed by atoms with E-state index in [9.17, 15) is 22.4 Å². The van der Waals surface area contributed by atoms with Gasteiger partial charge in [0, 0.05) is 12.7 Å². The molecule has 27 heavy (non-hydrogen) atoms. The van der Waals surface area contributed by atoms with Crippen molar-refractivity contribution in [3.8, 4) is 5.75 Å². The normalized spacial score (nSPS) is 11.6. The second-order valence-electron chi connectivity index (χ2n) is 5.49. The molecule has 0 aromatic heterocycles. The van der Waals surface area contributed by atoms with E-state index < -0.39 is 47.5 Å². The summed E-state index contributed by atoms with van der Waals surface area (Å²) in [5.74, 6) is -8.64. The van der Waals surface area contributed by atoms with Crippen LogP contribution >= 0.6 is 12.4 Å². The van der Waals surface area contributed by atoms with Gasteiger partial charge in [0.15, 0.2) is 23.2 Å². The van der Waals surface area contributed by atoms with Crippen molar-refractivity contribution in [1.82, 2.24) is 0 Å². The molecule has 0 radical (unpaired) electrons. The first-order chi connectivity index (χ1) is 12.4. The number of ketones is 1. The minimum Gasteiger partial charge on any atom is -0.479 e. The molecule has 0 saturated carbocycles. The zero-order chi connectivity index (χ0) is 19.1. The Labute approximate surface area is 159 Å². The van der Waals surface area contributed by atoms with Crippen LogP contribution in [0.5, 0.6) is 5.75 Å². The van der Waals surface area contributed by atoms with Gasteiger partial charge in [0.25, 0.3) is 0 Å². The van der Waals surface area contributed by atoms with E-state index in [0.717, 1.165) is 5.56 Å². The fourth-order valence-corrected chi connectivity index (χ4v) is 2.06. The summed E-state index contributed by atoms with van der Waals surface area (Å²) < 4.78 is 63.0. The number of carbonyl (C=O) groups is 1. The Bertz CT molecular complexity index is 736. The lowest BCUT2D eigenvalue weighted by Gasteiger charge is -2.13. The number of ether oxygens (including phenoxy) is 2. The van der Waals surface area contributed by atoms with Crippen molar-refractivity contribution in [2.45, 2.75) is 19.1 Å². The molecule has 9 heteroatoms. The van der Waals surface area contributed by atoms with E-state index in [1.807, 2.05) is 30.3 Å². The number of Topliss-reactive ketones (excluding diaryl/α,β-unsaturated/α-hetero) is 1. The Hall–Kier alpha value is -2.16. The van der Waals surface area contributed by atoms with E-state index in [0.29, 0.717) is 6.61 Å².